The number of methoxy groups -OCH3 is 2. The maximum absolute atomic E-state index is 14.1. The lowest BCUT2D eigenvalue weighted by Gasteiger charge is -2.32. The molecule has 0 saturated carbocycles. The monoisotopic (exact) mass is 581 g/mol. The Morgan fingerprint density at radius 2 is 1.56 bits per heavy atom. The highest BCUT2D eigenvalue weighted by molar-refractivity contribution is 7.92. The van der Waals surface area contributed by atoms with E-state index in [1.807, 2.05) is 52.0 Å². The highest BCUT2D eigenvalue weighted by atomic mass is 32.2. The number of ether oxygens (including phenoxy) is 2. The number of carbonyl (C=O) groups is 2. The molecule has 3 rings (SSSR count). The van der Waals surface area contributed by atoms with Gasteiger partial charge in [-0.1, -0.05) is 47.5 Å². The van der Waals surface area contributed by atoms with Crippen LogP contribution in [-0.4, -0.2) is 58.0 Å². The van der Waals surface area contributed by atoms with Gasteiger partial charge in [0.2, 0.25) is 11.8 Å². The third-order valence-electron chi connectivity index (χ3n) is 6.58. The smallest absolute Gasteiger partial charge is 0.264 e. The van der Waals surface area contributed by atoms with Gasteiger partial charge in [0.05, 0.1) is 24.8 Å². The molecule has 2 amide bonds. The van der Waals surface area contributed by atoms with E-state index in [0.29, 0.717) is 5.75 Å². The fourth-order valence-corrected chi connectivity index (χ4v) is 5.75. The van der Waals surface area contributed by atoms with Gasteiger partial charge in [-0.3, -0.25) is 13.9 Å². The number of carbonyl (C=O) groups excluding carboxylic acids is 2. The third kappa shape index (κ3) is 7.79. The molecule has 0 fully saturated rings. The first-order chi connectivity index (χ1) is 19.4. The molecule has 0 aliphatic heterocycles. The van der Waals surface area contributed by atoms with Crippen molar-refractivity contribution in [2.45, 2.75) is 58.1 Å². The first-order valence-electron chi connectivity index (χ1n) is 13.3. The standard InChI is InChI=1S/C31H39N3O6S/c1-21(2)32-31(36)24(5)33(19-25-10-8-9-23(4)17-25)30(35)20-34(28-18-26(39-6)13-16-29(28)40-7)41(37,38)27-14-11-22(3)12-15-27/h8-18,21,24H,19-20H2,1-7H3,(H,32,36). The number of benzene rings is 3. The summed E-state index contributed by atoms with van der Waals surface area (Å²) in [6, 6.07) is 17.7. The van der Waals surface area contributed by atoms with E-state index < -0.39 is 28.5 Å². The molecular weight excluding hydrogens is 542 g/mol. The van der Waals surface area contributed by atoms with Gasteiger partial charge in [-0.25, -0.2) is 8.42 Å². The van der Waals surface area contributed by atoms with E-state index >= 15 is 0 Å². The van der Waals surface area contributed by atoms with E-state index in [1.165, 1.54) is 37.3 Å². The van der Waals surface area contributed by atoms with Gasteiger partial charge in [0, 0.05) is 18.7 Å². The van der Waals surface area contributed by atoms with Gasteiger partial charge in [-0.2, -0.15) is 0 Å². The Morgan fingerprint density at radius 1 is 0.878 bits per heavy atom. The van der Waals surface area contributed by atoms with Crippen LogP contribution in [0.25, 0.3) is 0 Å². The molecular formula is C31H39N3O6S. The predicted molar refractivity (Wildman–Crippen MR) is 160 cm³/mol. The second kappa shape index (κ2) is 13.5. The van der Waals surface area contributed by atoms with E-state index in [1.54, 1.807) is 31.2 Å². The summed E-state index contributed by atoms with van der Waals surface area (Å²) >= 11 is 0. The molecule has 10 heteroatoms. The van der Waals surface area contributed by atoms with Crippen molar-refractivity contribution in [1.82, 2.24) is 10.2 Å². The summed E-state index contributed by atoms with van der Waals surface area (Å²) in [5, 5.41) is 2.85. The summed E-state index contributed by atoms with van der Waals surface area (Å²) in [5.41, 5.74) is 2.84. The Morgan fingerprint density at radius 3 is 2.15 bits per heavy atom. The van der Waals surface area contributed by atoms with Crippen molar-refractivity contribution in [2.24, 2.45) is 0 Å². The normalized spacial score (nSPS) is 12.0. The molecule has 0 aromatic heterocycles. The van der Waals surface area contributed by atoms with E-state index in [-0.39, 0.29) is 34.8 Å². The van der Waals surface area contributed by atoms with Crippen LogP contribution in [0.1, 0.15) is 37.5 Å². The summed E-state index contributed by atoms with van der Waals surface area (Å²) in [6.07, 6.45) is 0. The summed E-state index contributed by atoms with van der Waals surface area (Å²) in [4.78, 5) is 28.6. The number of hydrogen-bond acceptors (Lipinski definition) is 6. The molecule has 9 nitrogen and oxygen atoms in total. The molecule has 1 unspecified atom stereocenters. The lowest BCUT2D eigenvalue weighted by atomic mass is 10.1. The average molecular weight is 582 g/mol. The number of nitrogens with zero attached hydrogens (tertiary/aromatic N) is 2. The molecule has 0 heterocycles. The minimum absolute atomic E-state index is 0.0107. The van der Waals surface area contributed by atoms with Gasteiger partial charge in [-0.05, 0) is 64.4 Å². The number of anilines is 1. The zero-order chi connectivity index (χ0) is 30.3. The van der Waals surface area contributed by atoms with Crippen LogP contribution in [0.5, 0.6) is 11.5 Å². The molecule has 0 radical (unpaired) electrons. The number of rotatable bonds is 12. The van der Waals surface area contributed by atoms with Gasteiger partial charge < -0.3 is 19.7 Å². The maximum Gasteiger partial charge on any atom is 0.264 e. The summed E-state index contributed by atoms with van der Waals surface area (Å²) in [7, 11) is -1.36. The lowest BCUT2D eigenvalue weighted by Crippen LogP contribution is -2.52. The summed E-state index contributed by atoms with van der Waals surface area (Å²) < 4.78 is 40.1. The second-order valence-electron chi connectivity index (χ2n) is 10.2. The molecule has 0 saturated heterocycles. The predicted octanol–water partition coefficient (Wildman–Crippen LogP) is 4.46. The van der Waals surface area contributed by atoms with Crippen molar-refractivity contribution in [2.75, 3.05) is 25.1 Å². The van der Waals surface area contributed by atoms with Gasteiger partial charge in [0.25, 0.3) is 10.0 Å². The molecule has 0 aliphatic carbocycles. The van der Waals surface area contributed by atoms with Gasteiger partial charge in [-0.15, -0.1) is 0 Å². The number of amides is 2. The molecule has 3 aromatic carbocycles. The maximum atomic E-state index is 14.1. The van der Waals surface area contributed by atoms with Crippen LogP contribution in [0.3, 0.4) is 0 Å². The zero-order valence-electron chi connectivity index (χ0n) is 24.7. The largest absolute Gasteiger partial charge is 0.497 e. The van der Waals surface area contributed by atoms with Gasteiger partial charge >= 0.3 is 0 Å². The quantitative estimate of drug-likeness (QED) is 0.339. The van der Waals surface area contributed by atoms with Crippen molar-refractivity contribution in [3.63, 3.8) is 0 Å². The minimum atomic E-state index is -4.25. The molecule has 41 heavy (non-hydrogen) atoms. The van der Waals surface area contributed by atoms with Crippen LogP contribution in [0.2, 0.25) is 0 Å². The van der Waals surface area contributed by atoms with E-state index in [2.05, 4.69) is 5.32 Å². The molecule has 1 N–H and O–H groups in total. The Bertz CT molecular complexity index is 1470. The van der Waals surface area contributed by atoms with Crippen LogP contribution >= 0.6 is 0 Å². The number of aryl methyl sites for hydroxylation is 2. The number of nitrogens with one attached hydrogen (secondary N) is 1. The highest BCUT2D eigenvalue weighted by Gasteiger charge is 2.34. The van der Waals surface area contributed by atoms with Crippen molar-refractivity contribution < 1.29 is 27.5 Å². The minimum Gasteiger partial charge on any atom is -0.497 e. The zero-order valence-corrected chi connectivity index (χ0v) is 25.5. The van der Waals surface area contributed by atoms with Crippen LogP contribution in [0.15, 0.2) is 71.6 Å². The fourth-order valence-electron chi connectivity index (χ4n) is 4.34. The van der Waals surface area contributed by atoms with E-state index in [0.717, 1.165) is 21.0 Å². The number of hydrogen-bond donors (Lipinski definition) is 1. The highest BCUT2D eigenvalue weighted by Crippen LogP contribution is 2.36. The fraction of sp³-hybridized carbons (Fsp3) is 0.355. The molecule has 0 spiro atoms. The van der Waals surface area contributed by atoms with Crippen molar-refractivity contribution in [3.05, 3.63) is 83.4 Å². The Balaban J connectivity index is 2.13. The van der Waals surface area contributed by atoms with E-state index in [9.17, 15) is 18.0 Å². The third-order valence-corrected chi connectivity index (χ3v) is 8.35. The lowest BCUT2D eigenvalue weighted by molar-refractivity contribution is -0.139. The SMILES string of the molecule is COc1ccc(OC)c(N(CC(=O)N(Cc2cccc(C)c2)C(C)C(=O)NC(C)C)S(=O)(=O)c2ccc(C)cc2)c1. The van der Waals surface area contributed by atoms with Gasteiger partial charge in [0.1, 0.15) is 24.1 Å². The van der Waals surface area contributed by atoms with Crippen molar-refractivity contribution in [3.8, 4) is 11.5 Å². The molecule has 1 atom stereocenters. The first kappa shape index (κ1) is 31.5. The van der Waals surface area contributed by atoms with Gasteiger partial charge in [0.15, 0.2) is 0 Å². The van der Waals surface area contributed by atoms with Crippen molar-refractivity contribution in [1.29, 1.82) is 0 Å². The van der Waals surface area contributed by atoms with Crippen molar-refractivity contribution >= 4 is 27.5 Å². The molecule has 220 valence electrons. The Kier molecular flexibility index (Phi) is 10.4. The Hall–Kier alpha value is -4.05. The Labute approximate surface area is 243 Å². The van der Waals surface area contributed by atoms with E-state index in [4.69, 9.17) is 9.47 Å². The van der Waals surface area contributed by atoms with Crippen LogP contribution in [0.4, 0.5) is 5.69 Å². The summed E-state index contributed by atoms with van der Waals surface area (Å²) in [6.45, 7) is 8.64. The summed E-state index contributed by atoms with van der Waals surface area (Å²) in [5.74, 6) is -0.268. The van der Waals surface area contributed by atoms with Crippen LogP contribution < -0.4 is 19.1 Å². The number of sulfonamides is 1. The average Bonchev–Trinajstić information content (AvgIpc) is 2.93. The van der Waals surface area contributed by atoms with Crippen LogP contribution in [-0.2, 0) is 26.2 Å². The molecule has 3 aromatic rings. The van der Waals surface area contributed by atoms with Crippen LogP contribution in [0, 0.1) is 13.8 Å². The second-order valence-corrected chi connectivity index (χ2v) is 12.1. The first-order valence-corrected chi connectivity index (χ1v) is 14.8. The molecule has 0 aliphatic rings. The molecule has 0 bridgehead atoms. The topological polar surface area (TPSA) is 105 Å².